The molecule has 1 saturated carbocycles. The van der Waals surface area contributed by atoms with E-state index in [1.165, 1.54) is 32.1 Å². The second-order valence-corrected chi connectivity index (χ2v) is 7.58. The van der Waals surface area contributed by atoms with Crippen molar-refractivity contribution < 1.29 is 0 Å². The van der Waals surface area contributed by atoms with Crippen LogP contribution >= 0.6 is 11.6 Å². The molecule has 5 nitrogen and oxygen atoms in total. The van der Waals surface area contributed by atoms with Gasteiger partial charge in [0.25, 0.3) is 0 Å². The van der Waals surface area contributed by atoms with Crippen LogP contribution in [-0.4, -0.2) is 21.0 Å². The largest absolute Gasteiger partial charge is 0.367 e. The van der Waals surface area contributed by atoms with Gasteiger partial charge in [-0.15, -0.1) is 0 Å². The van der Waals surface area contributed by atoms with Gasteiger partial charge in [0.1, 0.15) is 11.6 Å². The summed E-state index contributed by atoms with van der Waals surface area (Å²) in [6.07, 6.45) is 13.5. The Morgan fingerprint density at radius 1 is 0.964 bits per heavy atom. The number of nitrogens with zero attached hydrogens (tertiary/aromatic N) is 3. The van der Waals surface area contributed by atoms with Crippen LogP contribution in [-0.2, 0) is 6.54 Å². The van der Waals surface area contributed by atoms with Crippen molar-refractivity contribution in [1.29, 1.82) is 0 Å². The Bertz CT molecular complexity index is 910. The number of pyridine rings is 3. The Labute approximate surface area is 170 Å². The van der Waals surface area contributed by atoms with Crippen molar-refractivity contribution in [3.63, 3.8) is 0 Å². The van der Waals surface area contributed by atoms with Crippen LogP contribution < -0.4 is 10.6 Å². The van der Waals surface area contributed by atoms with Crippen LogP contribution in [0.2, 0.25) is 5.02 Å². The molecule has 3 aromatic heterocycles. The van der Waals surface area contributed by atoms with Crippen LogP contribution in [0.1, 0.15) is 37.7 Å². The zero-order chi connectivity index (χ0) is 19.2. The Morgan fingerprint density at radius 3 is 2.68 bits per heavy atom. The summed E-state index contributed by atoms with van der Waals surface area (Å²) in [4.78, 5) is 13.0. The highest BCUT2D eigenvalue weighted by Gasteiger charge is 2.15. The van der Waals surface area contributed by atoms with E-state index in [4.69, 9.17) is 11.6 Å². The fourth-order valence-corrected chi connectivity index (χ4v) is 3.80. The minimum atomic E-state index is 0.504. The summed E-state index contributed by atoms with van der Waals surface area (Å²) < 4.78 is 0. The van der Waals surface area contributed by atoms with E-state index in [-0.39, 0.29) is 0 Å². The number of hydrogen-bond acceptors (Lipinski definition) is 5. The molecule has 0 aromatic carbocycles. The monoisotopic (exact) mass is 393 g/mol. The summed E-state index contributed by atoms with van der Waals surface area (Å²) in [5.41, 5.74) is 3.08. The molecule has 2 N–H and O–H groups in total. The van der Waals surface area contributed by atoms with Gasteiger partial charge in [-0.05, 0) is 48.2 Å². The summed E-state index contributed by atoms with van der Waals surface area (Å²) in [7, 11) is 0. The lowest BCUT2D eigenvalue weighted by atomic mass is 9.95. The van der Waals surface area contributed by atoms with E-state index in [0.29, 0.717) is 17.6 Å². The van der Waals surface area contributed by atoms with Gasteiger partial charge in [-0.2, -0.15) is 0 Å². The van der Waals surface area contributed by atoms with Gasteiger partial charge in [-0.3, -0.25) is 4.98 Å². The summed E-state index contributed by atoms with van der Waals surface area (Å²) >= 11 is 6.46. The third kappa shape index (κ3) is 4.78. The molecule has 0 aliphatic heterocycles. The molecule has 3 heterocycles. The van der Waals surface area contributed by atoms with Gasteiger partial charge in [0.2, 0.25) is 0 Å². The first-order valence-electron chi connectivity index (χ1n) is 9.79. The van der Waals surface area contributed by atoms with E-state index in [1.54, 1.807) is 18.6 Å². The van der Waals surface area contributed by atoms with Crippen molar-refractivity contribution in [2.75, 3.05) is 10.6 Å². The molecule has 0 spiro atoms. The molecule has 1 fully saturated rings. The average molecular weight is 394 g/mol. The lowest BCUT2D eigenvalue weighted by Crippen LogP contribution is -2.22. The number of halogens is 1. The lowest BCUT2D eigenvalue weighted by Gasteiger charge is -2.23. The van der Waals surface area contributed by atoms with Gasteiger partial charge in [-0.25, -0.2) is 9.97 Å². The summed E-state index contributed by atoms with van der Waals surface area (Å²) in [6.45, 7) is 0.670. The smallest absolute Gasteiger partial charge is 0.126 e. The minimum Gasteiger partial charge on any atom is -0.367 e. The Kier molecular flexibility index (Phi) is 6.02. The molecular weight excluding hydrogens is 370 g/mol. The first-order chi connectivity index (χ1) is 13.8. The zero-order valence-corrected chi connectivity index (χ0v) is 16.5. The van der Waals surface area contributed by atoms with Crippen LogP contribution in [0.3, 0.4) is 0 Å². The first-order valence-corrected chi connectivity index (χ1v) is 10.2. The third-order valence-corrected chi connectivity index (χ3v) is 5.38. The molecule has 0 unspecified atom stereocenters. The molecule has 1 aliphatic rings. The van der Waals surface area contributed by atoms with Crippen LogP contribution in [0.5, 0.6) is 0 Å². The highest BCUT2D eigenvalue weighted by molar-refractivity contribution is 6.33. The van der Waals surface area contributed by atoms with E-state index in [9.17, 15) is 0 Å². The normalized spacial score (nSPS) is 14.6. The second kappa shape index (κ2) is 9.02. The maximum Gasteiger partial charge on any atom is 0.126 e. The van der Waals surface area contributed by atoms with Crippen LogP contribution in [0, 0.1) is 0 Å². The zero-order valence-electron chi connectivity index (χ0n) is 15.7. The van der Waals surface area contributed by atoms with Crippen molar-refractivity contribution in [2.45, 2.75) is 44.7 Å². The van der Waals surface area contributed by atoms with Gasteiger partial charge in [0, 0.05) is 42.9 Å². The summed E-state index contributed by atoms with van der Waals surface area (Å²) in [5.74, 6) is 1.68. The minimum absolute atomic E-state index is 0.504. The SMILES string of the molecule is Clc1cnc(NC2CCCCC2)cc1-c1ccnc(NCc2cccnc2)c1. The molecule has 0 amide bonds. The Balaban J connectivity index is 1.50. The molecular formula is C22H24ClN5. The number of anilines is 2. The standard InChI is InChI=1S/C22H24ClN5/c23-20-15-27-22(28-18-6-2-1-3-7-18)12-19(20)17-8-10-25-21(11-17)26-14-16-5-4-9-24-13-16/h4-5,8-13,15,18H,1-3,6-7,14H2,(H,25,26)(H,27,28). The van der Waals surface area contributed by atoms with Gasteiger partial charge >= 0.3 is 0 Å². The molecule has 0 atom stereocenters. The maximum atomic E-state index is 6.46. The predicted octanol–water partition coefficient (Wildman–Crippen LogP) is 5.55. The lowest BCUT2D eigenvalue weighted by molar-refractivity contribution is 0.462. The van der Waals surface area contributed by atoms with Gasteiger partial charge < -0.3 is 10.6 Å². The van der Waals surface area contributed by atoms with Crippen molar-refractivity contribution in [2.24, 2.45) is 0 Å². The first kappa shape index (κ1) is 18.7. The van der Waals surface area contributed by atoms with Crippen LogP contribution in [0.4, 0.5) is 11.6 Å². The molecule has 0 bridgehead atoms. The van der Waals surface area contributed by atoms with Crippen molar-refractivity contribution in [1.82, 2.24) is 15.0 Å². The highest BCUT2D eigenvalue weighted by Crippen LogP contribution is 2.31. The Morgan fingerprint density at radius 2 is 1.86 bits per heavy atom. The fourth-order valence-electron chi connectivity index (χ4n) is 3.58. The van der Waals surface area contributed by atoms with Crippen molar-refractivity contribution in [3.8, 4) is 11.1 Å². The van der Waals surface area contributed by atoms with Gasteiger partial charge in [-0.1, -0.05) is 36.9 Å². The quantitative estimate of drug-likeness (QED) is 0.575. The van der Waals surface area contributed by atoms with E-state index in [1.807, 2.05) is 36.5 Å². The molecule has 0 radical (unpaired) electrons. The number of rotatable bonds is 6. The summed E-state index contributed by atoms with van der Waals surface area (Å²) in [5, 5.41) is 7.55. The average Bonchev–Trinajstić information content (AvgIpc) is 2.75. The maximum absolute atomic E-state index is 6.46. The predicted molar refractivity (Wildman–Crippen MR) is 115 cm³/mol. The molecule has 4 rings (SSSR count). The van der Waals surface area contributed by atoms with Gasteiger partial charge in [0.15, 0.2) is 0 Å². The molecule has 144 valence electrons. The second-order valence-electron chi connectivity index (χ2n) is 7.17. The third-order valence-electron chi connectivity index (χ3n) is 5.08. The molecule has 0 saturated heterocycles. The Hall–Kier alpha value is -2.66. The summed E-state index contributed by atoms with van der Waals surface area (Å²) in [6, 6.07) is 10.5. The van der Waals surface area contributed by atoms with Crippen molar-refractivity contribution >= 4 is 23.2 Å². The van der Waals surface area contributed by atoms with Crippen LogP contribution in [0.15, 0.2) is 55.1 Å². The number of nitrogens with one attached hydrogen (secondary N) is 2. The number of hydrogen-bond donors (Lipinski definition) is 2. The molecule has 1 aliphatic carbocycles. The topological polar surface area (TPSA) is 62.7 Å². The van der Waals surface area contributed by atoms with Crippen LogP contribution in [0.25, 0.3) is 11.1 Å². The number of aromatic nitrogens is 3. The van der Waals surface area contributed by atoms with E-state index < -0.39 is 0 Å². The molecule has 3 aromatic rings. The van der Waals surface area contributed by atoms with E-state index in [2.05, 4.69) is 25.6 Å². The molecule has 6 heteroatoms. The highest BCUT2D eigenvalue weighted by atomic mass is 35.5. The van der Waals surface area contributed by atoms with E-state index >= 15 is 0 Å². The molecule has 28 heavy (non-hydrogen) atoms. The van der Waals surface area contributed by atoms with Gasteiger partial charge in [0.05, 0.1) is 5.02 Å². The van der Waals surface area contributed by atoms with E-state index in [0.717, 1.165) is 28.3 Å². The van der Waals surface area contributed by atoms with Crippen molar-refractivity contribution in [3.05, 3.63) is 65.7 Å². The fraction of sp³-hybridized carbons (Fsp3) is 0.318.